The zero-order valence-corrected chi connectivity index (χ0v) is 13.0. The van der Waals surface area contributed by atoms with E-state index in [2.05, 4.69) is 44.2 Å². The molecule has 0 bridgehead atoms. The Labute approximate surface area is 120 Å². The van der Waals surface area contributed by atoms with Crippen LogP contribution < -0.4 is 5.32 Å². The molecule has 1 aromatic rings. The van der Waals surface area contributed by atoms with Crippen molar-refractivity contribution in [3.8, 4) is 0 Å². The molecular formula is C15H24N4O. The van der Waals surface area contributed by atoms with Crippen molar-refractivity contribution in [3.63, 3.8) is 0 Å². The van der Waals surface area contributed by atoms with E-state index < -0.39 is 0 Å². The Kier molecular flexibility index (Phi) is 3.88. The Morgan fingerprint density at radius 1 is 1.50 bits per heavy atom. The SMILES string of the molecule is CC[C@@H]1C=CCN1C(=O)Nc1cc(C(C)(C)C)nn1C. The molecule has 5 nitrogen and oxygen atoms in total. The first kappa shape index (κ1) is 14.6. The molecule has 0 unspecified atom stereocenters. The van der Waals surface area contributed by atoms with Crippen LogP contribution in [0.25, 0.3) is 0 Å². The third kappa shape index (κ3) is 2.86. The maximum atomic E-state index is 12.3. The Bertz CT molecular complexity index is 524. The van der Waals surface area contributed by atoms with Crippen molar-refractivity contribution in [3.05, 3.63) is 23.9 Å². The number of amides is 2. The molecule has 2 heterocycles. The fraction of sp³-hybridized carbons (Fsp3) is 0.600. The van der Waals surface area contributed by atoms with Gasteiger partial charge in [0, 0.05) is 25.1 Å². The number of anilines is 1. The van der Waals surface area contributed by atoms with Crippen LogP contribution in [0, 0.1) is 0 Å². The van der Waals surface area contributed by atoms with E-state index in [9.17, 15) is 4.79 Å². The third-order valence-electron chi connectivity index (χ3n) is 3.62. The summed E-state index contributed by atoms with van der Waals surface area (Å²) in [4.78, 5) is 14.2. The van der Waals surface area contributed by atoms with Gasteiger partial charge in [0.2, 0.25) is 0 Å². The van der Waals surface area contributed by atoms with Crippen LogP contribution in [0.3, 0.4) is 0 Å². The van der Waals surface area contributed by atoms with E-state index in [0.717, 1.165) is 17.9 Å². The summed E-state index contributed by atoms with van der Waals surface area (Å²) in [5.41, 5.74) is 0.948. The highest BCUT2D eigenvalue weighted by Crippen LogP contribution is 2.24. The lowest BCUT2D eigenvalue weighted by atomic mass is 9.92. The number of hydrogen-bond acceptors (Lipinski definition) is 2. The van der Waals surface area contributed by atoms with E-state index in [4.69, 9.17) is 0 Å². The average Bonchev–Trinajstić information content (AvgIpc) is 2.95. The maximum Gasteiger partial charge on any atom is 0.323 e. The first-order chi connectivity index (χ1) is 9.32. The lowest BCUT2D eigenvalue weighted by Gasteiger charge is -2.23. The van der Waals surface area contributed by atoms with Crippen LogP contribution in [0.2, 0.25) is 0 Å². The summed E-state index contributed by atoms with van der Waals surface area (Å²) in [5.74, 6) is 0.738. The molecule has 5 heteroatoms. The molecule has 0 spiro atoms. The maximum absolute atomic E-state index is 12.3. The van der Waals surface area contributed by atoms with Crippen LogP contribution in [-0.2, 0) is 12.5 Å². The largest absolute Gasteiger partial charge is 0.323 e. The molecule has 1 aromatic heterocycles. The van der Waals surface area contributed by atoms with E-state index in [1.54, 1.807) is 4.68 Å². The quantitative estimate of drug-likeness (QED) is 0.844. The normalized spacial score (nSPS) is 18.6. The molecule has 1 aliphatic heterocycles. The average molecular weight is 276 g/mol. The van der Waals surface area contributed by atoms with E-state index in [-0.39, 0.29) is 17.5 Å². The third-order valence-corrected chi connectivity index (χ3v) is 3.62. The van der Waals surface area contributed by atoms with Gasteiger partial charge in [-0.05, 0) is 6.42 Å². The molecule has 0 saturated carbocycles. The van der Waals surface area contributed by atoms with E-state index in [1.807, 2.05) is 24.1 Å². The molecule has 0 aromatic carbocycles. The number of aromatic nitrogens is 2. The minimum absolute atomic E-state index is 0.0259. The molecule has 1 aliphatic rings. The van der Waals surface area contributed by atoms with Gasteiger partial charge in [0.05, 0.1) is 11.7 Å². The number of aryl methyl sites for hydroxylation is 1. The summed E-state index contributed by atoms with van der Waals surface area (Å²) in [6.45, 7) is 9.09. The van der Waals surface area contributed by atoms with Crippen LogP contribution in [0.5, 0.6) is 0 Å². The monoisotopic (exact) mass is 276 g/mol. The number of carbonyl (C=O) groups excluding carboxylic acids is 1. The van der Waals surface area contributed by atoms with E-state index in [1.165, 1.54) is 0 Å². The van der Waals surface area contributed by atoms with Gasteiger partial charge >= 0.3 is 6.03 Å². The minimum Gasteiger partial charge on any atom is -0.314 e. The second-order valence-electron chi connectivity index (χ2n) is 6.27. The summed E-state index contributed by atoms with van der Waals surface area (Å²) < 4.78 is 1.73. The highest BCUT2D eigenvalue weighted by Gasteiger charge is 2.25. The van der Waals surface area contributed by atoms with Gasteiger partial charge in [-0.2, -0.15) is 5.10 Å². The first-order valence-electron chi connectivity index (χ1n) is 7.11. The van der Waals surface area contributed by atoms with Gasteiger partial charge in [-0.3, -0.25) is 10.00 Å². The standard InChI is InChI=1S/C15H24N4O/c1-6-11-8-7-9-19(11)14(20)16-13-10-12(15(2,3)4)17-18(13)5/h7-8,10-11H,6,9H2,1-5H3,(H,16,20)/t11-/m1/s1. The summed E-state index contributed by atoms with van der Waals surface area (Å²) in [7, 11) is 1.85. The van der Waals surface area contributed by atoms with Crippen molar-refractivity contribution in [2.45, 2.75) is 45.6 Å². The van der Waals surface area contributed by atoms with E-state index in [0.29, 0.717) is 6.54 Å². The lowest BCUT2D eigenvalue weighted by molar-refractivity contribution is 0.209. The zero-order chi connectivity index (χ0) is 14.9. The molecule has 0 radical (unpaired) electrons. The molecule has 1 atom stereocenters. The molecule has 20 heavy (non-hydrogen) atoms. The second kappa shape index (κ2) is 5.31. The molecule has 2 amide bonds. The van der Waals surface area contributed by atoms with Crippen molar-refractivity contribution >= 4 is 11.8 Å². The van der Waals surface area contributed by atoms with Gasteiger partial charge in [0.25, 0.3) is 0 Å². The van der Waals surface area contributed by atoms with Crippen molar-refractivity contribution in [1.82, 2.24) is 14.7 Å². The predicted octanol–water partition coefficient (Wildman–Crippen LogP) is 2.90. The fourth-order valence-electron chi connectivity index (χ4n) is 2.29. The Balaban J connectivity index is 2.11. The molecule has 0 saturated heterocycles. The smallest absolute Gasteiger partial charge is 0.314 e. The molecule has 0 aliphatic carbocycles. The van der Waals surface area contributed by atoms with Gasteiger partial charge in [-0.15, -0.1) is 0 Å². The van der Waals surface area contributed by atoms with E-state index >= 15 is 0 Å². The number of nitrogens with zero attached hydrogens (tertiary/aromatic N) is 3. The van der Waals surface area contributed by atoms with Crippen LogP contribution in [0.15, 0.2) is 18.2 Å². The van der Waals surface area contributed by atoms with Crippen molar-refractivity contribution in [2.75, 3.05) is 11.9 Å². The van der Waals surface area contributed by atoms with Crippen LogP contribution in [-0.4, -0.2) is 33.3 Å². The highest BCUT2D eigenvalue weighted by atomic mass is 16.2. The Hall–Kier alpha value is -1.78. The number of rotatable bonds is 2. The number of hydrogen-bond donors (Lipinski definition) is 1. The summed E-state index contributed by atoms with van der Waals surface area (Å²) >= 11 is 0. The highest BCUT2D eigenvalue weighted by molar-refractivity contribution is 5.89. The lowest BCUT2D eigenvalue weighted by Crippen LogP contribution is -2.39. The molecule has 110 valence electrons. The van der Waals surface area contributed by atoms with Gasteiger partial charge in [0.1, 0.15) is 5.82 Å². The topological polar surface area (TPSA) is 50.2 Å². The number of nitrogens with one attached hydrogen (secondary N) is 1. The zero-order valence-electron chi connectivity index (χ0n) is 13.0. The summed E-state index contributed by atoms with van der Waals surface area (Å²) in [6, 6.07) is 2.08. The Morgan fingerprint density at radius 2 is 2.20 bits per heavy atom. The van der Waals surface area contributed by atoms with Gasteiger partial charge in [0.15, 0.2) is 0 Å². The molecule has 0 fully saturated rings. The van der Waals surface area contributed by atoms with Crippen molar-refractivity contribution in [1.29, 1.82) is 0 Å². The second-order valence-corrected chi connectivity index (χ2v) is 6.27. The van der Waals surface area contributed by atoms with Crippen LogP contribution >= 0.6 is 0 Å². The van der Waals surface area contributed by atoms with Gasteiger partial charge < -0.3 is 4.90 Å². The van der Waals surface area contributed by atoms with Crippen molar-refractivity contribution in [2.24, 2.45) is 7.05 Å². The Morgan fingerprint density at radius 3 is 2.75 bits per heavy atom. The first-order valence-corrected chi connectivity index (χ1v) is 7.11. The van der Waals surface area contributed by atoms with Crippen LogP contribution in [0.1, 0.15) is 39.8 Å². The number of urea groups is 1. The predicted molar refractivity (Wildman–Crippen MR) is 80.9 cm³/mol. The summed E-state index contributed by atoms with van der Waals surface area (Å²) in [5, 5.41) is 7.42. The van der Waals surface area contributed by atoms with Gasteiger partial charge in [-0.25, -0.2) is 4.79 Å². The van der Waals surface area contributed by atoms with Crippen molar-refractivity contribution < 1.29 is 4.79 Å². The minimum atomic E-state index is -0.0645. The molecule has 2 rings (SSSR count). The number of carbonyl (C=O) groups is 1. The molecule has 1 N–H and O–H groups in total. The fourth-order valence-corrected chi connectivity index (χ4v) is 2.29. The summed E-state index contributed by atoms with van der Waals surface area (Å²) in [6.07, 6.45) is 5.06. The molecular weight excluding hydrogens is 252 g/mol. The van der Waals surface area contributed by atoms with Gasteiger partial charge in [-0.1, -0.05) is 39.8 Å². The van der Waals surface area contributed by atoms with Crippen LogP contribution in [0.4, 0.5) is 10.6 Å².